The van der Waals surface area contributed by atoms with Gasteiger partial charge in [-0.05, 0) is 54.2 Å². The Labute approximate surface area is 117 Å². The number of carbonyl (C=O) groups is 1. The lowest BCUT2D eigenvalue weighted by Crippen LogP contribution is -2.34. The molecule has 1 aliphatic rings. The molecule has 0 amide bonds. The van der Waals surface area contributed by atoms with Crippen LogP contribution in [-0.4, -0.2) is 6.29 Å². The van der Waals surface area contributed by atoms with Crippen molar-refractivity contribution >= 4 is 6.29 Å². The summed E-state index contributed by atoms with van der Waals surface area (Å²) in [5.74, 6) is 0. The summed E-state index contributed by atoms with van der Waals surface area (Å²) < 4.78 is 0. The fourth-order valence-electron chi connectivity index (χ4n) is 3.06. The smallest absolute Gasteiger partial charge is 0.129 e. The fraction of sp³-hybridized carbons (Fsp3) is 0.611. The number of hydrogen-bond acceptors (Lipinski definition) is 1. The highest BCUT2D eigenvalue weighted by Gasteiger charge is 2.37. The zero-order valence-corrected chi connectivity index (χ0v) is 13.1. The van der Waals surface area contributed by atoms with Crippen molar-refractivity contribution in [3.63, 3.8) is 0 Å². The first-order valence-electron chi connectivity index (χ1n) is 7.22. The first-order valence-corrected chi connectivity index (χ1v) is 7.22. The molecule has 2 rings (SSSR count). The van der Waals surface area contributed by atoms with E-state index in [9.17, 15) is 4.79 Å². The molecule has 1 aromatic rings. The van der Waals surface area contributed by atoms with Crippen LogP contribution in [0.5, 0.6) is 0 Å². The maximum Gasteiger partial charge on any atom is 0.129 e. The van der Waals surface area contributed by atoms with E-state index in [1.54, 1.807) is 0 Å². The van der Waals surface area contributed by atoms with Crippen LogP contribution in [-0.2, 0) is 21.0 Å². The lowest BCUT2D eigenvalue weighted by molar-refractivity contribution is -0.111. The van der Waals surface area contributed by atoms with E-state index in [1.807, 2.05) is 13.8 Å². The van der Waals surface area contributed by atoms with Gasteiger partial charge in [0.25, 0.3) is 0 Å². The second-order valence-electron chi connectivity index (χ2n) is 7.87. The number of fused-ring (bicyclic) bond motifs is 1. The largest absolute Gasteiger partial charge is 0.302 e. The Balaban J connectivity index is 2.63. The Kier molecular flexibility index (Phi) is 3.16. The summed E-state index contributed by atoms with van der Waals surface area (Å²) in [4.78, 5) is 11.3. The van der Waals surface area contributed by atoms with Gasteiger partial charge in [-0.3, -0.25) is 0 Å². The molecule has 1 aliphatic carbocycles. The van der Waals surface area contributed by atoms with Gasteiger partial charge >= 0.3 is 0 Å². The minimum atomic E-state index is -0.396. The quantitative estimate of drug-likeness (QED) is 0.713. The standard InChI is InChI=1S/C18H26O/c1-16(2)9-10-17(3,4)15-11-13(7-8-14(15)16)18(5,6)12-19/h7-8,11-12H,9-10H2,1-6H3. The topological polar surface area (TPSA) is 17.1 Å². The van der Waals surface area contributed by atoms with E-state index in [0.29, 0.717) is 0 Å². The molecule has 1 aromatic carbocycles. The van der Waals surface area contributed by atoms with Crippen molar-refractivity contribution in [2.75, 3.05) is 0 Å². The fourth-order valence-corrected chi connectivity index (χ4v) is 3.06. The van der Waals surface area contributed by atoms with Gasteiger partial charge in [-0.2, -0.15) is 0 Å². The van der Waals surface area contributed by atoms with E-state index in [2.05, 4.69) is 45.9 Å². The molecule has 0 fully saturated rings. The molecule has 0 radical (unpaired) electrons. The maximum absolute atomic E-state index is 11.3. The van der Waals surface area contributed by atoms with Crippen LogP contribution >= 0.6 is 0 Å². The summed E-state index contributed by atoms with van der Waals surface area (Å²) in [5.41, 5.74) is 4.07. The van der Waals surface area contributed by atoms with Crippen LogP contribution in [0.1, 0.15) is 71.1 Å². The van der Waals surface area contributed by atoms with Gasteiger partial charge < -0.3 is 4.79 Å². The zero-order valence-electron chi connectivity index (χ0n) is 13.1. The monoisotopic (exact) mass is 258 g/mol. The molecule has 0 heterocycles. The Hall–Kier alpha value is -1.11. The van der Waals surface area contributed by atoms with Crippen LogP contribution in [0.2, 0.25) is 0 Å². The van der Waals surface area contributed by atoms with Gasteiger partial charge in [-0.1, -0.05) is 45.9 Å². The van der Waals surface area contributed by atoms with E-state index < -0.39 is 5.41 Å². The van der Waals surface area contributed by atoms with E-state index in [0.717, 1.165) is 11.8 Å². The van der Waals surface area contributed by atoms with Gasteiger partial charge in [0.15, 0.2) is 0 Å². The van der Waals surface area contributed by atoms with E-state index >= 15 is 0 Å². The summed E-state index contributed by atoms with van der Waals surface area (Å²) in [6.07, 6.45) is 3.48. The minimum absolute atomic E-state index is 0.208. The van der Waals surface area contributed by atoms with Gasteiger partial charge in [-0.15, -0.1) is 0 Å². The normalized spacial score (nSPS) is 20.7. The van der Waals surface area contributed by atoms with Crippen molar-refractivity contribution in [3.8, 4) is 0 Å². The average molecular weight is 258 g/mol. The van der Waals surface area contributed by atoms with Gasteiger partial charge in [0.1, 0.15) is 6.29 Å². The molecule has 0 saturated carbocycles. The van der Waals surface area contributed by atoms with Crippen LogP contribution in [0.15, 0.2) is 18.2 Å². The summed E-state index contributed by atoms with van der Waals surface area (Å²) in [7, 11) is 0. The zero-order chi connectivity index (χ0) is 14.5. The molecule has 0 saturated heterocycles. The lowest BCUT2D eigenvalue weighted by Gasteiger charge is -2.42. The molecule has 0 bridgehead atoms. The van der Waals surface area contributed by atoms with Crippen molar-refractivity contribution < 1.29 is 4.79 Å². The first-order chi connectivity index (χ1) is 8.60. The number of aldehydes is 1. The van der Waals surface area contributed by atoms with Crippen LogP contribution in [0.4, 0.5) is 0 Å². The summed E-state index contributed by atoms with van der Waals surface area (Å²) >= 11 is 0. The third-order valence-corrected chi connectivity index (χ3v) is 4.89. The number of carbonyl (C=O) groups excluding carboxylic acids is 1. The molecule has 0 unspecified atom stereocenters. The predicted octanol–water partition coefficient (Wildman–Crippen LogP) is 4.51. The Morgan fingerprint density at radius 3 is 2.05 bits per heavy atom. The van der Waals surface area contributed by atoms with E-state index in [4.69, 9.17) is 0 Å². The SMILES string of the molecule is CC(C)(C=O)c1ccc2c(c1)C(C)(C)CCC2(C)C. The molecule has 1 nitrogen and oxygen atoms in total. The minimum Gasteiger partial charge on any atom is -0.302 e. The molecule has 19 heavy (non-hydrogen) atoms. The molecular formula is C18H26O. The van der Waals surface area contributed by atoms with E-state index in [-0.39, 0.29) is 10.8 Å². The van der Waals surface area contributed by atoms with Crippen molar-refractivity contribution in [1.82, 2.24) is 0 Å². The van der Waals surface area contributed by atoms with Crippen LogP contribution < -0.4 is 0 Å². The van der Waals surface area contributed by atoms with Crippen LogP contribution in [0, 0.1) is 0 Å². The Morgan fingerprint density at radius 2 is 1.53 bits per heavy atom. The molecule has 1 heteroatoms. The van der Waals surface area contributed by atoms with Gasteiger partial charge in [0.05, 0.1) is 0 Å². The molecule has 0 spiro atoms. The van der Waals surface area contributed by atoms with Crippen LogP contribution in [0.25, 0.3) is 0 Å². The highest BCUT2D eigenvalue weighted by molar-refractivity contribution is 5.67. The molecule has 0 N–H and O–H groups in total. The Bertz CT molecular complexity index is 506. The van der Waals surface area contributed by atoms with E-state index in [1.165, 1.54) is 24.0 Å². The molecule has 0 aromatic heterocycles. The molecule has 0 aliphatic heterocycles. The molecular weight excluding hydrogens is 232 g/mol. The number of rotatable bonds is 2. The van der Waals surface area contributed by atoms with Gasteiger partial charge in [-0.25, -0.2) is 0 Å². The van der Waals surface area contributed by atoms with Crippen molar-refractivity contribution in [1.29, 1.82) is 0 Å². The lowest BCUT2D eigenvalue weighted by atomic mass is 9.62. The van der Waals surface area contributed by atoms with Crippen molar-refractivity contribution in [2.24, 2.45) is 0 Å². The summed E-state index contributed by atoms with van der Waals surface area (Å²) in [6, 6.07) is 6.65. The third-order valence-electron chi connectivity index (χ3n) is 4.89. The second kappa shape index (κ2) is 4.19. The molecule has 104 valence electrons. The first kappa shape index (κ1) is 14.3. The summed E-state index contributed by atoms with van der Waals surface area (Å²) in [6.45, 7) is 13.3. The summed E-state index contributed by atoms with van der Waals surface area (Å²) in [5, 5.41) is 0. The molecule has 0 atom stereocenters. The maximum atomic E-state index is 11.3. The third kappa shape index (κ3) is 2.35. The van der Waals surface area contributed by atoms with Crippen molar-refractivity contribution in [3.05, 3.63) is 34.9 Å². The van der Waals surface area contributed by atoms with Crippen LogP contribution in [0.3, 0.4) is 0 Å². The number of benzene rings is 1. The van der Waals surface area contributed by atoms with Crippen molar-refractivity contribution in [2.45, 2.75) is 70.6 Å². The second-order valence-corrected chi connectivity index (χ2v) is 7.87. The predicted molar refractivity (Wildman–Crippen MR) is 80.8 cm³/mol. The van der Waals surface area contributed by atoms with Gasteiger partial charge in [0.2, 0.25) is 0 Å². The highest BCUT2D eigenvalue weighted by Crippen LogP contribution is 2.46. The van der Waals surface area contributed by atoms with Gasteiger partial charge in [0, 0.05) is 5.41 Å². The Morgan fingerprint density at radius 1 is 1.00 bits per heavy atom. The highest BCUT2D eigenvalue weighted by atomic mass is 16.1. The average Bonchev–Trinajstić information content (AvgIpc) is 2.35. The number of hydrogen-bond donors (Lipinski definition) is 0.